The number of pyridine rings is 4. The Bertz CT molecular complexity index is 2380. The van der Waals surface area contributed by atoms with Crippen molar-refractivity contribution in [1.29, 1.82) is 0 Å². The minimum Gasteiger partial charge on any atom is -0.507 e. The fourth-order valence-corrected chi connectivity index (χ4v) is 4.32. The van der Waals surface area contributed by atoms with Gasteiger partial charge in [0, 0.05) is 29.1 Å². The molecule has 0 bridgehead atoms. The van der Waals surface area contributed by atoms with Crippen LogP contribution in [-0.2, 0) is 0 Å². The van der Waals surface area contributed by atoms with Crippen LogP contribution in [0.5, 0.6) is 5.75 Å². The van der Waals surface area contributed by atoms with Crippen molar-refractivity contribution in [3.63, 3.8) is 0 Å². The maximum atomic E-state index is 11.0. The third-order valence-corrected chi connectivity index (χ3v) is 6.79. The van der Waals surface area contributed by atoms with Crippen LogP contribution in [-0.4, -0.2) is 89.0 Å². The zero-order chi connectivity index (χ0) is 42.6. The highest BCUT2D eigenvalue weighted by atomic mass is 16.6. The number of aromatic carboxylic acids is 4. The quantitative estimate of drug-likeness (QED) is 0.102. The number of nitrogens with zero attached hydrogens (tertiary/aromatic N) is 8. The molecule has 0 saturated heterocycles. The van der Waals surface area contributed by atoms with Crippen molar-refractivity contribution < 1.29 is 64.4 Å². The number of fused-ring (bicyclic) bond motifs is 2. The molecule has 57 heavy (non-hydrogen) atoms. The van der Waals surface area contributed by atoms with E-state index in [-0.39, 0.29) is 55.8 Å². The first-order valence-corrected chi connectivity index (χ1v) is 14.8. The van der Waals surface area contributed by atoms with Gasteiger partial charge in [-0.2, -0.15) is 0 Å². The molecule has 6 rings (SSSR count). The zero-order valence-electron chi connectivity index (χ0n) is 27.9. The van der Waals surface area contributed by atoms with Crippen LogP contribution in [0.25, 0.3) is 21.7 Å². The maximum absolute atomic E-state index is 11.0. The largest absolute Gasteiger partial charge is 0.507 e. The Balaban J connectivity index is 0.000000206. The van der Waals surface area contributed by atoms with Crippen LogP contribution in [0, 0.1) is 40.5 Å². The Morgan fingerprint density at radius 1 is 0.544 bits per heavy atom. The molecule has 0 atom stereocenters. The molecule has 5 N–H and O–H groups in total. The van der Waals surface area contributed by atoms with Crippen molar-refractivity contribution in [3.05, 3.63) is 154 Å². The summed E-state index contributed by atoms with van der Waals surface area (Å²) in [7, 11) is 0. The molecule has 25 nitrogen and oxygen atoms in total. The fraction of sp³-hybridized carbons (Fsp3) is 0. The van der Waals surface area contributed by atoms with Gasteiger partial charge in [0.25, 0.3) is 17.1 Å². The summed E-state index contributed by atoms with van der Waals surface area (Å²) in [5.41, 5.74) is -1.75. The third kappa shape index (κ3) is 10.7. The Labute approximate surface area is 313 Å². The van der Waals surface area contributed by atoms with Crippen molar-refractivity contribution in [3.8, 4) is 5.75 Å². The Morgan fingerprint density at radius 3 is 1.65 bits per heavy atom. The monoisotopic (exact) mass is 788 g/mol. The van der Waals surface area contributed by atoms with Crippen molar-refractivity contribution in [2.45, 2.75) is 0 Å². The van der Waals surface area contributed by atoms with Crippen LogP contribution in [0.15, 0.2) is 91.5 Å². The van der Waals surface area contributed by atoms with Gasteiger partial charge in [0.05, 0.1) is 26.2 Å². The van der Waals surface area contributed by atoms with Crippen LogP contribution < -0.4 is 0 Å². The average molecular weight is 789 g/mol. The van der Waals surface area contributed by atoms with Crippen LogP contribution >= 0.6 is 0 Å². The number of carboxylic acid groups (broad SMARTS) is 4. The number of hydrogen-bond donors (Lipinski definition) is 5. The summed E-state index contributed by atoms with van der Waals surface area (Å²) < 4.78 is 0. The molecular formula is C32H20N8O17. The lowest BCUT2D eigenvalue weighted by Gasteiger charge is -2.04. The van der Waals surface area contributed by atoms with E-state index in [0.29, 0.717) is 0 Å². The molecule has 0 radical (unpaired) electrons. The number of phenols is 1. The second-order valence-corrected chi connectivity index (χ2v) is 10.3. The standard InChI is InChI=1S/C10H6N2O5.C10H6N2O4.2C6H4N2O4/c13-7-4-6(12(16)17)9-5(2-1-3-11-9)8(7)10(14)15;13-10(14)9-7-4-2-1-3-6(7)8(5-11-9)12(15)16;9-6(10)5-2-1-4(3-7-5)8(11)12;9-6(10)4-1-2-5(7-3-4)8(11)12/h1-4,13H,(H,14,15);1-5H,(H,13,14);2*1-3H,(H,9,10). The Kier molecular flexibility index (Phi) is 13.8. The molecule has 0 amide bonds. The molecular weight excluding hydrogens is 768 g/mol. The van der Waals surface area contributed by atoms with Gasteiger partial charge in [-0.25, -0.2) is 34.1 Å². The smallest absolute Gasteiger partial charge is 0.363 e. The predicted octanol–water partition coefficient (Wildman–Crippen LogP) is 4.76. The second kappa shape index (κ2) is 18.6. The number of non-ortho nitro benzene ring substituents is 1. The van der Waals surface area contributed by atoms with E-state index in [4.69, 9.17) is 20.4 Å². The van der Waals surface area contributed by atoms with Crippen molar-refractivity contribution >= 4 is 68.4 Å². The van der Waals surface area contributed by atoms with E-state index in [1.165, 1.54) is 30.5 Å². The highest BCUT2D eigenvalue weighted by molar-refractivity contribution is 6.08. The van der Waals surface area contributed by atoms with Gasteiger partial charge in [-0.3, -0.25) is 30.3 Å². The summed E-state index contributed by atoms with van der Waals surface area (Å²) in [5.74, 6) is -5.94. The number of carbonyl (C=O) groups is 4. The number of hydrogen-bond acceptors (Lipinski definition) is 17. The predicted molar refractivity (Wildman–Crippen MR) is 188 cm³/mol. The average Bonchev–Trinajstić information content (AvgIpc) is 3.17. The lowest BCUT2D eigenvalue weighted by Crippen LogP contribution is -2.02. The van der Waals surface area contributed by atoms with Crippen LogP contribution in [0.3, 0.4) is 0 Å². The summed E-state index contributed by atoms with van der Waals surface area (Å²) in [5, 5.41) is 86.3. The maximum Gasteiger partial charge on any atom is 0.363 e. The number of aromatic hydroxyl groups is 1. The number of aromatic nitrogens is 4. The van der Waals surface area contributed by atoms with Gasteiger partial charge >= 0.3 is 29.7 Å². The summed E-state index contributed by atoms with van der Waals surface area (Å²) >= 11 is 0. The van der Waals surface area contributed by atoms with Crippen LogP contribution in [0.1, 0.15) is 41.7 Å². The number of rotatable bonds is 8. The van der Waals surface area contributed by atoms with E-state index in [9.17, 15) is 64.7 Å². The molecule has 0 fully saturated rings. The summed E-state index contributed by atoms with van der Waals surface area (Å²) in [6, 6.07) is 14.2. The molecule has 4 aromatic heterocycles. The minimum atomic E-state index is -1.37. The van der Waals surface area contributed by atoms with Crippen LogP contribution in [0.4, 0.5) is 22.9 Å². The first-order valence-electron chi connectivity index (χ1n) is 14.8. The highest BCUT2D eigenvalue weighted by Gasteiger charge is 2.23. The SMILES string of the molecule is O=C(O)c1c(O)cc([N+](=O)[O-])c2ncccc12.O=C(O)c1ccc([N+](=O)[O-])cn1.O=C(O)c1ccc([N+](=O)[O-])nc1.O=C(O)c1ncc([N+](=O)[O-])c2ccccc12. The number of nitro benzene ring substituents is 1. The van der Waals surface area contributed by atoms with E-state index in [0.717, 1.165) is 48.9 Å². The first kappa shape index (κ1) is 42.3. The van der Waals surface area contributed by atoms with Gasteiger partial charge in [0.2, 0.25) is 0 Å². The fourth-order valence-electron chi connectivity index (χ4n) is 4.32. The second-order valence-electron chi connectivity index (χ2n) is 10.3. The summed E-state index contributed by atoms with van der Waals surface area (Å²) in [6.45, 7) is 0. The number of carboxylic acids is 4. The van der Waals surface area contributed by atoms with E-state index in [1.807, 2.05) is 0 Å². The van der Waals surface area contributed by atoms with Gasteiger partial charge in [0.1, 0.15) is 40.5 Å². The van der Waals surface area contributed by atoms with Gasteiger partial charge in [0.15, 0.2) is 11.9 Å². The molecule has 0 spiro atoms. The Hall–Kier alpha value is -9.16. The summed E-state index contributed by atoms with van der Waals surface area (Å²) in [4.78, 5) is 95.4. The van der Waals surface area contributed by atoms with Crippen LogP contribution in [0.2, 0.25) is 0 Å². The van der Waals surface area contributed by atoms with Crippen molar-refractivity contribution in [2.75, 3.05) is 0 Å². The van der Waals surface area contributed by atoms with E-state index >= 15 is 0 Å². The molecule has 0 unspecified atom stereocenters. The molecule has 0 aliphatic carbocycles. The van der Waals surface area contributed by atoms with Crippen molar-refractivity contribution in [1.82, 2.24) is 19.9 Å². The number of nitro groups is 4. The normalized spacial score (nSPS) is 9.89. The molecule has 25 heteroatoms. The Morgan fingerprint density at radius 2 is 1.18 bits per heavy atom. The van der Waals surface area contributed by atoms with E-state index in [1.54, 1.807) is 12.1 Å². The first-order chi connectivity index (χ1) is 26.8. The van der Waals surface area contributed by atoms with Gasteiger partial charge < -0.3 is 35.6 Å². The zero-order valence-corrected chi connectivity index (χ0v) is 27.9. The molecule has 290 valence electrons. The van der Waals surface area contributed by atoms with Crippen molar-refractivity contribution in [2.24, 2.45) is 0 Å². The molecule has 6 aromatic rings. The molecule has 0 aliphatic heterocycles. The van der Waals surface area contributed by atoms with E-state index < -0.39 is 60.6 Å². The lowest BCUT2D eigenvalue weighted by atomic mass is 10.1. The summed E-state index contributed by atoms with van der Waals surface area (Å²) in [6.07, 6.45) is 4.13. The van der Waals surface area contributed by atoms with Gasteiger partial charge in [-0.15, -0.1) is 0 Å². The lowest BCUT2D eigenvalue weighted by molar-refractivity contribution is -0.389. The highest BCUT2D eigenvalue weighted by Crippen LogP contribution is 2.33. The topological polar surface area (TPSA) is 394 Å². The van der Waals surface area contributed by atoms with E-state index in [2.05, 4.69) is 19.9 Å². The minimum absolute atomic E-state index is 0.0340. The molecule has 4 heterocycles. The molecule has 2 aromatic carbocycles. The third-order valence-electron chi connectivity index (χ3n) is 6.79. The number of benzene rings is 2. The molecule has 0 aliphatic rings. The molecule has 0 saturated carbocycles. The van der Waals surface area contributed by atoms with Gasteiger partial charge in [-0.05, 0) is 34.2 Å². The van der Waals surface area contributed by atoms with Gasteiger partial charge in [-0.1, -0.05) is 24.3 Å².